The summed E-state index contributed by atoms with van der Waals surface area (Å²) in [6, 6.07) is 23.1. The first-order valence-electron chi connectivity index (χ1n) is 16.3. The number of halogens is 2. The summed E-state index contributed by atoms with van der Waals surface area (Å²) in [4.78, 5) is 8.11. The van der Waals surface area contributed by atoms with Crippen LogP contribution in [-0.2, 0) is 22.0 Å². The van der Waals surface area contributed by atoms with Gasteiger partial charge in [0.25, 0.3) is 0 Å². The zero-order valence-electron chi connectivity index (χ0n) is 30.1. The second-order valence-corrected chi connectivity index (χ2v) is 18.8. The minimum absolute atomic E-state index is 0.00593. The van der Waals surface area contributed by atoms with Crippen molar-refractivity contribution in [3.63, 3.8) is 0 Å². The molecule has 4 atom stereocenters. The maximum absolute atomic E-state index is 12.1. The molecule has 270 valence electrons. The number of fused-ring (bicyclic) bond motifs is 3. The second kappa shape index (κ2) is 16.9. The Kier molecular flexibility index (Phi) is 13.3. The van der Waals surface area contributed by atoms with Crippen molar-refractivity contribution in [1.82, 2.24) is 14.7 Å². The number of aliphatic hydroxyl groups is 1. The molecule has 6 rings (SSSR count). The Morgan fingerprint density at radius 1 is 0.843 bits per heavy atom. The van der Waals surface area contributed by atoms with Crippen LogP contribution in [0.25, 0.3) is 27.6 Å². The smallest absolute Gasteiger partial charge is 0.145 e. The van der Waals surface area contributed by atoms with Crippen LogP contribution in [0.2, 0.25) is 10.3 Å². The fraction of sp³-hybridized carbons (Fsp3) is 0.308. The van der Waals surface area contributed by atoms with Gasteiger partial charge >= 0.3 is 0 Å². The molecule has 51 heavy (non-hydrogen) atoms. The van der Waals surface area contributed by atoms with E-state index in [9.17, 15) is 13.5 Å². The summed E-state index contributed by atoms with van der Waals surface area (Å²) in [7, 11) is -2.35. The van der Waals surface area contributed by atoms with Gasteiger partial charge in [0, 0.05) is 29.2 Å². The summed E-state index contributed by atoms with van der Waals surface area (Å²) in [5.74, 6) is 0.256. The van der Waals surface area contributed by atoms with Gasteiger partial charge in [0.2, 0.25) is 0 Å². The van der Waals surface area contributed by atoms with E-state index in [1.165, 1.54) is 0 Å². The minimum Gasteiger partial charge on any atom is -0.510 e. The van der Waals surface area contributed by atoms with Gasteiger partial charge < -0.3 is 10.8 Å². The van der Waals surface area contributed by atoms with Crippen molar-refractivity contribution in [1.29, 1.82) is 0 Å². The number of rotatable bonds is 5. The molecule has 0 fully saturated rings. The third kappa shape index (κ3) is 11.0. The summed E-state index contributed by atoms with van der Waals surface area (Å²) in [6.07, 6.45) is 5.20. The molecule has 0 bridgehead atoms. The summed E-state index contributed by atoms with van der Waals surface area (Å²) in [5, 5.41) is 14.3. The largest absolute Gasteiger partial charge is 0.510 e. The van der Waals surface area contributed by atoms with E-state index in [0.717, 1.165) is 49.5 Å². The fourth-order valence-electron chi connectivity index (χ4n) is 4.79. The van der Waals surface area contributed by atoms with E-state index in [0.29, 0.717) is 10.3 Å². The zero-order valence-corrected chi connectivity index (χ0v) is 33.2. The number of aromatic nitrogens is 2. The molecule has 0 aliphatic heterocycles. The number of nitrogens with one attached hydrogen (secondary N) is 1. The average Bonchev–Trinajstić information content (AvgIpc) is 3.36. The summed E-state index contributed by atoms with van der Waals surface area (Å²) in [5.41, 5.74) is 10.5. The first kappa shape index (κ1) is 40.3. The molecule has 0 amide bonds. The fourth-order valence-corrected chi connectivity index (χ4v) is 6.57. The van der Waals surface area contributed by atoms with Gasteiger partial charge in [-0.2, -0.15) is 4.40 Å². The van der Waals surface area contributed by atoms with Crippen LogP contribution < -0.4 is 10.5 Å². The van der Waals surface area contributed by atoms with Crippen molar-refractivity contribution in [3.05, 3.63) is 124 Å². The Labute approximate surface area is 315 Å². The van der Waals surface area contributed by atoms with Crippen molar-refractivity contribution in [2.75, 3.05) is 0 Å². The molecule has 4 N–H and O–H groups in total. The molecule has 5 aromatic rings. The first-order valence-corrected chi connectivity index (χ1v) is 19.4. The predicted octanol–water partition coefficient (Wildman–Crippen LogP) is 9.76. The van der Waals surface area contributed by atoms with Gasteiger partial charge in [-0.15, -0.1) is 0 Å². The summed E-state index contributed by atoms with van der Waals surface area (Å²) in [6.45, 7) is 15.5. The third-order valence-electron chi connectivity index (χ3n) is 7.86. The molecule has 2 aromatic heterocycles. The maximum atomic E-state index is 12.1. The number of benzene rings is 3. The molecule has 2 heterocycles. The summed E-state index contributed by atoms with van der Waals surface area (Å²) >= 11 is 11.8. The standard InChI is InChI=1S/C15H19ClN2OS.C15H17ClN2OS.C9H9NO/c2*1-10(18-20(19)15(2,3)4)11-5-6-12-9-17-14(16)8-13(12)7-11;10-9-7-4-2-1-3-6(7)5-8(9)11/h5-10,18H,1-4H3;5-9H,1-4H3;1-5,9,11H,10H2/t10-,20-;20-;9-/m110/s1. The Balaban J connectivity index is 0.000000179. The Morgan fingerprint density at radius 2 is 1.41 bits per heavy atom. The van der Waals surface area contributed by atoms with E-state index < -0.39 is 22.0 Å². The minimum atomic E-state index is -1.26. The van der Waals surface area contributed by atoms with Crippen LogP contribution in [-0.4, -0.2) is 38.7 Å². The molecule has 8 nitrogen and oxygen atoms in total. The van der Waals surface area contributed by atoms with Crippen molar-refractivity contribution in [2.45, 2.75) is 77.0 Å². The Bertz CT molecular complexity index is 2140. The number of aliphatic hydroxyl groups excluding tert-OH is 1. The summed E-state index contributed by atoms with van der Waals surface area (Å²) < 4.78 is 31.0. The molecule has 12 heteroatoms. The highest BCUT2D eigenvalue weighted by atomic mass is 35.5. The lowest BCUT2D eigenvalue weighted by Gasteiger charge is -2.22. The number of nitrogens with zero attached hydrogens (tertiary/aromatic N) is 3. The number of hydrogen-bond donors (Lipinski definition) is 3. The van der Waals surface area contributed by atoms with Crippen LogP contribution in [0, 0.1) is 0 Å². The third-order valence-corrected chi connectivity index (χ3v) is 11.4. The van der Waals surface area contributed by atoms with Gasteiger partial charge in [-0.3, -0.25) is 0 Å². The lowest BCUT2D eigenvalue weighted by atomic mass is 10.1. The predicted molar refractivity (Wildman–Crippen MR) is 217 cm³/mol. The van der Waals surface area contributed by atoms with Crippen LogP contribution in [0.4, 0.5) is 0 Å². The van der Waals surface area contributed by atoms with E-state index >= 15 is 0 Å². The van der Waals surface area contributed by atoms with Crippen molar-refractivity contribution in [2.24, 2.45) is 10.1 Å². The van der Waals surface area contributed by atoms with Gasteiger partial charge in [-0.25, -0.2) is 23.1 Å². The van der Waals surface area contributed by atoms with Gasteiger partial charge in [0.05, 0.1) is 32.2 Å². The Hall–Kier alpha value is -3.51. The molecular weight excluding hydrogens is 722 g/mol. The highest BCUT2D eigenvalue weighted by Crippen LogP contribution is 2.30. The van der Waals surface area contributed by atoms with Gasteiger partial charge in [-0.1, -0.05) is 71.7 Å². The second-order valence-electron chi connectivity index (χ2n) is 14.1. The van der Waals surface area contributed by atoms with Crippen LogP contribution in [0.1, 0.15) is 89.7 Å². The molecule has 1 aliphatic rings. The molecule has 0 unspecified atom stereocenters. The van der Waals surface area contributed by atoms with Gasteiger partial charge in [-0.05, 0) is 119 Å². The zero-order chi connectivity index (χ0) is 37.7. The maximum Gasteiger partial charge on any atom is 0.145 e. The Morgan fingerprint density at radius 3 is 1.98 bits per heavy atom. The average molecular weight is 767 g/mol. The molecule has 0 saturated heterocycles. The van der Waals surface area contributed by atoms with Crippen LogP contribution in [0.5, 0.6) is 0 Å². The normalized spacial score (nSPS) is 16.3. The quantitative estimate of drug-likeness (QED) is 0.121. The van der Waals surface area contributed by atoms with Crippen LogP contribution in [0.3, 0.4) is 0 Å². The number of pyridine rings is 2. The lowest BCUT2D eigenvalue weighted by molar-refractivity contribution is 0.380. The molecule has 1 aliphatic carbocycles. The highest BCUT2D eigenvalue weighted by Gasteiger charge is 2.22. The SMILES string of the molecule is CC(=N[S@](=O)C(C)(C)C)c1ccc2cnc(Cl)cc2c1.C[C@@H](N[S@](=O)C(C)(C)C)c1ccc2cnc(Cl)cc2c1.N[C@@H]1C(O)=Cc2ccccc21. The topological polar surface area (TPSA) is 131 Å². The molecule has 0 saturated carbocycles. The van der Waals surface area contributed by atoms with Crippen molar-refractivity contribution < 1.29 is 13.5 Å². The monoisotopic (exact) mass is 765 g/mol. The molecule has 3 aromatic carbocycles. The first-order chi connectivity index (χ1) is 23.8. The van der Waals surface area contributed by atoms with E-state index in [1.807, 2.05) is 122 Å². The number of nitrogens with two attached hydrogens (primary N) is 1. The lowest BCUT2D eigenvalue weighted by Crippen LogP contribution is -2.34. The molecular formula is C39H45Cl2N5O3S2. The van der Waals surface area contributed by atoms with Gasteiger partial charge in [0.15, 0.2) is 0 Å². The van der Waals surface area contributed by atoms with E-state index in [-0.39, 0.29) is 27.3 Å². The number of hydrogen-bond acceptors (Lipinski definition) is 6. The van der Waals surface area contributed by atoms with E-state index in [4.69, 9.17) is 28.9 Å². The van der Waals surface area contributed by atoms with Crippen molar-refractivity contribution >= 4 is 78.5 Å². The van der Waals surface area contributed by atoms with Crippen LogP contribution >= 0.6 is 23.2 Å². The van der Waals surface area contributed by atoms with E-state index in [1.54, 1.807) is 18.5 Å². The molecule has 0 spiro atoms. The van der Waals surface area contributed by atoms with Gasteiger partial charge in [0.1, 0.15) is 27.1 Å². The highest BCUT2D eigenvalue weighted by molar-refractivity contribution is 7.85. The van der Waals surface area contributed by atoms with Crippen molar-refractivity contribution in [3.8, 4) is 0 Å². The van der Waals surface area contributed by atoms with Crippen LogP contribution in [0.15, 0.2) is 95.3 Å². The molecule has 0 radical (unpaired) electrons. The van der Waals surface area contributed by atoms with E-state index in [2.05, 4.69) is 25.2 Å².